The van der Waals surface area contributed by atoms with Crippen LogP contribution in [0.15, 0.2) is 12.2 Å². The molecule has 1 saturated carbocycles. The number of rotatable bonds is 4. The van der Waals surface area contributed by atoms with Gasteiger partial charge in [-0.05, 0) is 38.0 Å². The molecule has 3 N–H and O–H groups in total. The second-order valence-corrected chi connectivity index (χ2v) is 5.91. The maximum absolute atomic E-state index is 11.9. The summed E-state index contributed by atoms with van der Waals surface area (Å²) in [4.78, 5) is 11.9. The summed E-state index contributed by atoms with van der Waals surface area (Å²) in [5.74, 6) is 1.05. The topological polar surface area (TPSA) is 61.4 Å². The Morgan fingerprint density at radius 2 is 1.95 bits per heavy atom. The molecule has 0 aliphatic heterocycles. The molecule has 4 heteroatoms. The molecule has 2 atom stereocenters. The fourth-order valence-electron chi connectivity index (χ4n) is 3.13. The largest absolute Gasteiger partial charge is 0.396 e. The first-order chi connectivity index (χ1) is 9.21. The molecule has 2 amide bonds. The Kier molecular flexibility index (Phi) is 5.25. The monoisotopic (exact) mass is 266 g/mol. The average molecular weight is 266 g/mol. The molecule has 2 rings (SSSR count). The Hall–Kier alpha value is -1.03. The van der Waals surface area contributed by atoms with E-state index in [1.54, 1.807) is 0 Å². The van der Waals surface area contributed by atoms with Crippen LogP contribution in [0, 0.1) is 11.8 Å². The average Bonchev–Trinajstić information content (AvgIpc) is 2.87. The van der Waals surface area contributed by atoms with Crippen molar-refractivity contribution in [1.82, 2.24) is 10.6 Å². The number of aliphatic hydroxyl groups excluding tert-OH is 1. The third kappa shape index (κ3) is 4.23. The molecular weight excluding hydrogens is 240 g/mol. The number of aliphatic hydroxyl groups is 1. The molecule has 4 nitrogen and oxygen atoms in total. The molecule has 0 radical (unpaired) electrons. The number of hydrogen-bond donors (Lipinski definition) is 3. The van der Waals surface area contributed by atoms with E-state index in [9.17, 15) is 4.79 Å². The van der Waals surface area contributed by atoms with Gasteiger partial charge in [0.1, 0.15) is 0 Å². The smallest absolute Gasteiger partial charge is 0.315 e. The van der Waals surface area contributed by atoms with Crippen LogP contribution < -0.4 is 10.6 Å². The zero-order chi connectivity index (χ0) is 13.7. The van der Waals surface area contributed by atoms with E-state index in [0.29, 0.717) is 6.04 Å². The number of carbonyl (C=O) groups is 1. The van der Waals surface area contributed by atoms with Gasteiger partial charge in [0, 0.05) is 24.6 Å². The van der Waals surface area contributed by atoms with Crippen LogP contribution in [0.4, 0.5) is 4.79 Å². The van der Waals surface area contributed by atoms with Crippen molar-refractivity contribution in [3.63, 3.8) is 0 Å². The van der Waals surface area contributed by atoms with E-state index in [0.717, 1.165) is 25.2 Å². The number of amides is 2. The summed E-state index contributed by atoms with van der Waals surface area (Å²) in [5.41, 5.74) is 0. The van der Waals surface area contributed by atoms with E-state index in [1.165, 1.54) is 19.3 Å². The summed E-state index contributed by atoms with van der Waals surface area (Å²) < 4.78 is 0. The van der Waals surface area contributed by atoms with E-state index < -0.39 is 0 Å². The molecule has 2 aliphatic carbocycles. The highest BCUT2D eigenvalue weighted by atomic mass is 16.3. The van der Waals surface area contributed by atoms with Crippen LogP contribution >= 0.6 is 0 Å². The van der Waals surface area contributed by atoms with Crippen LogP contribution in [0.1, 0.15) is 45.4 Å². The lowest BCUT2D eigenvalue weighted by Crippen LogP contribution is -2.46. The minimum atomic E-state index is -0.0619. The lowest BCUT2D eigenvalue weighted by molar-refractivity contribution is 0.220. The molecule has 108 valence electrons. The Labute approximate surface area is 115 Å². The van der Waals surface area contributed by atoms with Crippen molar-refractivity contribution in [3.05, 3.63) is 12.2 Å². The second-order valence-electron chi connectivity index (χ2n) is 5.91. The molecule has 0 aromatic heterocycles. The van der Waals surface area contributed by atoms with Gasteiger partial charge in [0.2, 0.25) is 0 Å². The number of hydrogen-bond acceptors (Lipinski definition) is 2. The van der Waals surface area contributed by atoms with Crippen molar-refractivity contribution in [2.24, 2.45) is 11.8 Å². The summed E-state index contributed by atoms with van der Waals surface area (Å²) in [6.45, 7) is 2.41. The summed E-state index contributed by atoms with van der Waals surface area (Å²) in [6, 6.07) is 0.346. The van der Waals surface area contributed by atoms with Gasteiger partial charge in [-0.2, -0.15) is 0 Å². The normalized spacial score (nSPS) is 34.2. The Bertz CT molecular complexity index is 322. The Morgan fingerprint density at radius 1 is 1.21 bits per heavy atom. The van der Waals surface area contributed by atoms with Crippen LogP contribution in [0.5, 0.6) is 0 Å². The third-order valence-corrected chi connectivity index (χ3v) is 4.48. The van der Waals surface area contributed by atoms with Crippen molar-refractivity contribution in [1.29, 1.82) is 0 Å². The molecule has 0 bridgehead atoms. The number of urea groups is 1. The van der Waals surface area contributed by atoms with Crippen molar-refractivity contribution in [3.8, 4) is 0 Å². The van der Waals surface area contributed by atoms with Crippen LogP contribution in [0.25, 0.3) is 0 Å². The van der Waals surface area contributed by atoms with Gasteiger partial charge in [-0.3, -0.25) is 0 Å². The van der Waals surface area contributed by atoms with E-state index in [1.807, 2.05) is 12.2 Å². The van der Waals surface area contributed by atoms with Crippen LogP contribution in [-0.4, -0.2) is 29.8 Å². The van der Waals surface area contributed by atoms with Crippen molar-refractivity contribution in [2.45, 2.75) is 57.5 Å². The molecule has 2 aliphatic rings. The van der Waals surface area contributed by atoms with E-state index in [2.05, 4.69) is 17.6 Å². The van der Waals surface area contributed by atoms with Gasteiger partial charge in [0.15, 0.2) is 0 Å². The summed E-state index contributed by atoms with van der Waals surface area (Å²) in [7, 11) is 0. The Morgan fingerprint density at radius 3 is 2.53 bits per heavy atom. The SMILES string of the molecule is CCC1CCC(NC(=O)N[C@@H]2C=C[C@H](CO)C2)CC1. The maximum atomic E-state index is 11.9. The minimum absolute atomic E-state index is 0.0619. The van der Waals surface area contributed by atoms with E-state index in [4.69, 9.17) is 5.11 Å². The van der Waals surface area contributed by atoms with Crippen LogP contribution in [0.3, 0.4) is 0 Å². The van der Waals surface area contributed by atoms with Gasteiger partial charge in [-0.1, -0.05) is 25.5 Å². The quantitative estimate of drug-likeness (QED) is 0.683. The van der Waals surface area contributed by atoms with Crippen molar-refractivity contribution < 1.29 is 9.90 Å². The standard InChI is InChI=1S/C15H26N2O2/c1-2-11-3-6-13(7-4-11)16-15(19)17-14-8-5-12(9-14)10-18/h5,8,11-14,18H,2-4,6-7,9-10H2,1H3,(H2,16,17,19)/t11?,12-,13?,14+/m0/s1. The third-order valence-electron chi connectivity index (χ3n) is 4.48. The van der Waals surface area contributed by atoms with Gasteiger partial charge in [-0.15, -0.1) is 0 Å². The van der Waals surface area contributed by atoms with Gasteiger partial charge in [0.05, 0.1) is 0 Å². The zero-order valence-corrected chi connectivity index (χ0v) is 11.8. The van der Waals surface area contributed by atoms with Gasteiger partial charge in [0.25, 0.3) is 0 Å². The van der Waals surface area contributed by atoms with Crippen LogP contribution in [-0.2, 0) is 0 Å². The molecule has 0 spiro atoms. The highest BCUT2D eigenvalue weighted by Crippen LogP contribution is 2.26. The van der Waals surface area contributed by atoms with Gasteiger partial charge in [-0.25, -0.2) is 4.79 Å². The summed E-state index contributed by atoms with van der Waals surface area (Å²) >= 11 is 0. The van der Waals surface area contributed by atoms with Crippen molar-refractivity contribution in [2.75, 3.05) is 6.61 Å². The van der Waals surface area contributed by atoms with Crippen LogP contribution in [0.2, 0.25) is 0 Å². The molecule has 19 heavy (non-hydrogen) atoms. The van der Waals surface area contributed by atoms with Gasteiger partial charge >= 0.3 is 6.03 Å². The molecule has 0 heterocycles. The first-order valence-electron chi connectivity index (χ1n) is 7.57. The second kappa shape index (κ2) is 6.94. The van der Waals surface area contributed by atoms with E-state index >= 15 is 0 Å². The molecule has 1 fully saturated rings. The molecule has 0 aromatic rings. The lowest BCUT2D eigenvalue weighted by atomic mass is 9.85. The summed E-state index contributed by atoms with van der Waals surface area (Å²) in [6.07, 6.45) is 10.7. The predicted molar refractivity (Wildman–Crippen MR) is 75.8 cm³/mol. The number of nitrogens with one attached hydrogen (secondary N) is 2. The van der Waals surface area contributed by atoms with Crippen molar-refractivity contribution >= 4 is 6.03 Å². The highest BCUT2D eigenvalue weighted by Gasteiger charge is 2.23. The maximum Gasteiger partial charge on any atom is 0.315 e. The lowest BCUT2D eigenvalue weighted by Gasteiger charge is -2.28. The first-order valence-corrected chi connectivity index (χ1v) is 7.57. The molecular formula is C15H26N2O2. The first kappa shape index (κ1) is 14.4. The fraction of sp³-hybridized carbons (Fsp3) is 0.800. The Balaban J connectivity index is 1.67. The highest BCUT2D eigenvalue weighted by molar-refractivity contribution is 5.74. The molecule has 0 aromatic carbocycles. The van der Waals surface area contributed by atoms with E-state index in [-0.39, 0.29) is 24.6 Å². The zero-order valence-electron chi connectivity index (χ0n) is 11.8. The fourth-order valence-corrected chi connectivity index (χ4v) is 3.13. The predicted octanol–water partition coefficient (Wildman–Crippen LogP) is 2.19. The number of carbonyl (C=O) groups excluding carboxylic acids is 1. The minimum Gasteiger partial charge on any atom is -0.396 e. The van der Waals surface area contributed by atoms with Gasteiger partial charge < -0.3 is 15.7 Å². The summed E-state index contributed by atoms with van der Waals surface area (Å²) in [5, 5.41) is 15.1. The molecule has 0 unspecified atom stereocenters. The molecule has 0 saturated heterocycles.